The van der Waals surface area contributed by atoms with E-state index in [2.05, 4.69) is 0 Å². The first-order chi connectivity index (χ1) is 14.6. The van der Waals surface area contributed by atoms with E-state index >= 15 is 0 Å². The molecule has 2 aliphatic carbocycles. The number of hydrogen-bond acceptors (Lipinski definition) is 5. The highest BCUT2D eigenvalue weighted by atomic mass is 16.6. The van der Waals surface area contributed by atoms with E-state index in [-0.39, 0.29) is 29.8 Å². The van der Waals surface area contributed by atoms with Crippen molar-refractivity contribution in [2.75, 3.05) is 7.11 Å². The molecule has 0 spiro atoms. The number of fused-ring (bicyclic) bond motifs is 1. The summed E-state index contributed by atoms with van der Waals surface area (Å²) in [6.07, 6.45) is 9.97. The number of allylic oxidation sites excluding steroid dienone is 2. The number of cyclic esters (lactones) is 2. The van der Waals surface area contributed by atoms with Crippen molar-refractivity contribution in [1.82, 2.24) is 4.90 Å². The molecule has 0 bridgehead atoms. The number of carbonyl (C=O) groups is 3. The molecule has 3 fully saturated rings. The molecule has 4 aliphatic rings. The molecular formula is C24H27NO5. The van der Waals surface area contributed by atoms with Crippen LogP contribution in [0.4, 0.5) is 0 Å². The van der Waals surface area contributed by atoms with E-state index in [1.807, 2.05) is 41.3 Å². The van der Waals surface area contributed by atoms with Gasteiger partial charge in [-0.15, -0.1) is 0 Å². The average molecular weight is 409 g/mol. The van der Waals surface area contributed by atoms with Gasteiger partial charge in [0.05, 0.1) is 30.9 Å². The van der Waals surface area contributed by atoms with Crippen molar-refractivity contribution in [3.8, 4) is 5.75 Å². The van der Waals surface area contributed by atoms with Gasteiger partial charge in [0.1, 0.15) is 5.75 Å². The summed E-state index contributed by atoms with van der Waals surface area (Å²) in [4.78, 5) is 40.1. The van der Waals surface area contributed by atoms with Gasteiger partial charge in [-0.2, -0.15) is 0 Å². The molecule has 6 nitrogen and oxygen atoms in total. The van der Waals surface area contributed by atoms with Crippen LogP contribution in [0.15, 0.2) is 36.4 Å². The number of hydrogen-bond donors (Lipinski definition) is 0. The molecule has 1 aromatic rings. The maximum atomic E-state index is 13.5. The number of ether oxygens (including phenoxy) is 2. The number of likely N-dealkylation sites (tertiary alicyclic amines) is 1. The molecule has 5 rings (SSSR count). The van der Waals surface area contributed by atoms with Crippen molar-refractivity contribution in [3.05, 3.63) is 42.0 Å². The number of esters is 2. The second-order valence-electron chi connectivity index (χ2n) is 8.89. The van der Waals surface area contributed by atoms with E-state index in [9.17, 15) is 14.4 Å². The summed E-state index contributed by atoms with van der Waals surface area (Å²) < 4.78 is 10.2. The Bertz CT molecular complexity index is 885. The first kappa shape index (κ1) is 19.3. The van der Waals surface area contributed by atoms with Crippen LogP contribution < -0.4 is 4.74 Å². The monoisotopic (exact) mass is 409 g/mol. The standard InChI is InChI=1S/C24H27NO5/c1-29-16-12-10-14(11-13-16)21-20(22(26)25(21)15-6-3-2-4-7-15)17-8-5-9-18-19(17)24(28)30-23(18)27/h5,8,10-13,15,17-21H,2-4,6-7,9H2,1H3/t17-,18+,19-,20-,21+/m0/s1. The van der Waals surface area contributed by atoms with E-state index in [0.717, 1.165) is 37.0 Å². The molecular weight excluding hydrogens is 382 g/mol. The van der Waals surface area contributed by atoms with Gasteiger partial charge >= 0.3 is 11.9 Å². The minimum Gasteiger partial charge on any atom is -0.497 e. The molecule has 1 aromatic carbocycles. The number of nitrogens with zero attached hydrogens (tertiary/aromatic N) is 1. The van der Waals surface area contributed by atoms with Crippen molar-refractivity contribution < 1.29 is 23.9 Å². The quantitative estimate of drug-likeness (QED) is 0.330. The maximum absolute atomic E-state index is 13.5. The third-order valence-corrected chi connectivity index (χ3v) is 7.39. The van der Waals surface area contributed by atoms with Crippen LogP contribution >= 0.6 is 0 Å². The van der Waals surface area contributed by atoms with E-state index < -0.39 is 23.8 Å². The summed E-state index contributed by atoms with van der Waals surface area (Å²) >= 11 is 0. The molecule has 0 N–H and O–H groups in total. The summed E-state index contributed by atoms with van der Waals surface area (Å²) in [5.41, 5.74) is 1.05. The number of rotatable bonds is 4. The van der Waals surface area contributed by atoms with Gasteiger partial charge in [0.25, 0.3) is 0 Å². The van der Waals surface area contributed by atoms with Crippen molar-refractivity contribution in [2.45, 2.75) is 50.6 Å². The third-order valence-electron chi connectivity index (χ3n) is 7.39. The highest BCUT2D eigenvalue weighted by molar-refractivity contribution is 5.98. The molecule has 30 heavy (non-hydrogen) atoms. The summed E-state index contributed by atoms with van der Waals surface area (Å²) in [7, 11) is 1.63. The van der Waals surface area contributed by atoms with Crippen LogP contribution in [-0.2, 0) is 19.1 Å². The third kappa shape index (κ3) is 2.96. The summed E-state index contributed by atoms with van der Waals surface area (Å²) in [6, 6.07) is 8.02. The van der Waals surface area contributed by atoms with Gasteiger partial charge in [0.2, 0.25) is 5.91 Å². The lowest BCUT2D eigenvalue weighted by atomic mass is 9.64. The summed E-state index contributed by atoms with van der Waals surface area (Å²) in [6.45, 7) is 0. The van der Waals surface area contributed by atoms with Crippen LogP contribution in [0.5, 0.6) is 5.75 Å². The fourth-order valence-corrected chi connectivity index (χ4v) is 5.91. The predicted octanol–water partition coefficient (Wildman–Crippen LogP) is 3.42. The molecule has 5 atom stereocenters. The number of amides is 1. The van der Waals surface area contributed by atoms with Gasteiger partial charge in [0.15, 0.2) is 0 Å². The van der Waals surface area contributed by atoms with E-state index in [4.69, 9.17) is 9.47 Å². The van der Waals surface area contributed by atoms with Gasteiger partial charge in [0, 0.05) is 12.0 Å². The fourth-order valence-electron chi connectivity index (χ4n) is 5.91. The van der Waals surface area contributed by atoms with Gasteiger partial charge < -0.3 is 14.4 Å². The molecule has 2 aliphatic heterocycles. The first-order valence-corrected chi connectivity index (χ1v) is 11.0. The van der Waals surface area contributed by atoms with Crippen molar-refractivity contribution in [2.24, 2.45) is 23.7 Å². The minimum atomic E-state index is -0.550. The second kappa shape index (κ2) is 7.56. The lowest BCUT2D eigenvalue weighted by molar-refractivity contribution is -0.169. The molecule has 1 saturated carbocycles. The number of β-lactam (4-membered cyclic amide) rings is 1. The lowest BCUT2D eigenvalue weighted by Crippen LogP contribution is -2.62. The molecule has 0 unspecified atom stereocenters. The normalized spacial score (nSPS) is 33.8. The first-order valence-electron chi connectivity index (χ1n) is 11.0. The molecule has 2 saturated heterocycles. The molecule has 2 heterocycles. The molecule has 6 heteroatoms. The Kier molecular flexibility index (Phi) is 4.88. The van der Waals surface area contributed by atoms with Crippen LogP contribution in [-0.4, -0.2) is 35.9 Å². The minimum absolute atomic E-state index is 0.0941. The highest BCUT2D eigenvalue weighted by Crippen LogP contribution is 2.53. The zero-order valence-corrected chi connectivity index (χ0v) is 17.2. The molecule has 0 aromatic heterocycles. The van der Waals surface area contributed by atoms with Crippen molar-refractivity contribution >= 4 is 17.8 Å². The van der Waals surface area contributed by atoms with Gasteiger partial charge in [-0.3, -0.25) is 14.4 Å². The lowest BCUT2D eigenvalue weighted by Gasteiger charge is -2.55. The van der Waals surface area contributed by atoms with Gasteiger partial charge in [-0.05, 0) is 37.0 Å². The number of benzene rings is 1. The Labute approximate surface area is 176 Å². The molecule has 0 radical (unpaired) electrons. The highest BCUT2D eigenvalue weighted by Gasteiger charge is 2.60. The fraction of sp³-hybridized carbons (Fsp3) is 0.542. The van der Waals surface area contributed by atoms with Crippen LogP contribution in [0.3, 0.4) is 0 Å². The average Bonchev–Trinajstić information content (AvgIpc) is 3.07. The molecule has 158 valence electrons. The zero-order chi connectivity index (χ0) is 20.8. The van der Waals surface area contributed by atoms with Crippen LogP contribution in [0, 0.1) is 23.7 Å². The van der Waals surface area contributed by atoms with E-state index in [1.54, 1.807) is 7.11 Å². The Balaban J connectivity index is 1.50. The van der Waals surface area contributed by atoms with Crippen LogP contribution in [0.25, 0.3) is 0 Å². The largest absolute Gasteiger partial charge is 0.497 e. The maximum Gasteiger partial charge on any atom is 0.318 e. The van der Waals surface area contributed by atoms with Gasteiger partial charge in [-0.25, -0.2) is 0 Å². The Morgan fingerprint density at radius 1 is 0.967 bits per heavy atom. The zero-order valence-electron chi connectivity index (χ0n) is 17.2. The predicted molar refractivity (Wildman–Crippen MR) is 108 cm³/mol. The Morgan fingerprint density at radius 3 is 2.40 bits per heavy atom. The van der Waals surface area contributed by atoms with E-state index in [1.165, 1.54) is 6.42 Å². The van der Waals surface area contributed by atoms with E-state index in [0.29, 0.717) is 6.42 Å². The van der Waals surface area contributed by atoms with Crippen LogP contribution in [0.2, 0.25) is 0 Å². The van der Waals surface area contributed by atoms with Gasteiger partial charge in [-0.1, -0.05) is 43.5 Å². The molecule has 1 amide bonds. The second-order valence-corrected chi connectivity index (χ2v) is 8.89. The topological polar surface area (TPSA) is 72.9 Å². The van der Waals surface area contributed by atoms with Crippen LogP contribution in [0.1, 0.15) is 50.1 Å². The Morgan fingerprint density at radius 2 is 1.70 bits per heavy atom. The Hall–Kier alpha value is -2.63. The van der Waals surface area contributed by atoms with Crippen molar-refractivity contribution in [3.63, 3.8) is 0 Å². The van der Waals surface area contributed by atoms with Crippen molar-refractivity contribution in [1.29, 1.82) is 0 Å². The number of carbonyl (C=O) groups excluding carboxylic acids is 3. The number of methoxy groups -OCH3 is 1. The summed E-state index contributed by atoms with van der Waals surface area (Å²) in [5.74, 6) is -1.71. The smallest absolute Gasteiger partial charge is 0.318 e. The SMILES string of the molecule is COc1ccc([C@@H]2[C@H]([C@H]3C=CC[C@H]4C(=O)OC(=O)[C@@H]34)C(=O)N2C2CCCCC2)cc1. The summed E-state index contributed by atoms with van der Waals surface area (Å²) in [5, 5.41) is 0.